The van der Waals surface area contributed by atoms with Gasteiger partial charge in [0, 0.05) is 11.6 Å². The van der Waals surface area contributed by atoms with E-state index >= 15 is 0 Å². The zero-order chi connectivity index (χ0) is 9.26. The van der Waals surface area contributed by atoms with Crippen molar-refractivity contribution in [1.82, 2.24) is 9.97 Å². The first-order chi connectivity index (χ1) is 6.29. The lowest BCUT2D eigenvalue weighted by Gasteiger charge is -1.98. The second-order valence-corrected chi connectivity index (χ2v) is 2.57. The summed E-state index contributed by atoms with van der Waals surface area (Å²) in [7, 11) is 0. The molecule has 4 heteroatoms. The van der Waals surface area contributed by atoms with Gasteiger partial charge in [-0.1, -0.05) is 6.07 Å². The topological polar surface area (TPSA) is 63.1 Å². The molecule has 0 unspecified atom stereocenters. The maximum absolute atomic E-state index is 10.8. The fraction of sp³-hybridized carbons (Fsp3) is 0. The van der Waals surface area contributed by atoms with Gasteiger partial charge in [0.05, 0.1) is 11.1 Å². The van der Waals surface area contributed by atoms with Gasteiger partial charge in [-0.2, -0.15) is 0 Å². The molecule has 0 atom stereocenters. The van der Waals surface area contributed by atoms with Crippen molar-refractivity contribution < 1.29 is 9.90 Å². The van der Waals surface area contributed by atoms with Crippen LogP contribution in [-0.2, 0) is 0 Å². The fourth-order valence-electron chi connectivity index (χ4n) is 1.19. The molecule has 64 valence electrons. The summed E-state index contributed by atoms with van der Waals surface area (Å²) >= 11 is 0. The summed E-state index contributed by atoms with van der Waals surface area (Å²) in [6.45, 7) is 0. The van der Waals surface area contributed by atoms with Gasteiger partial charge in [-0.3, -0.25) is 0 Å². The Hall–Kier alpha value is -1.97. The van der Waals surface area contributed by atoms with E-state index in [1.54, 1.807) is 12.1 Å². The van der Waals surface area contributed by atoms with E-state index in [9.17, 15) is 4.79 Å². The maximum Gasteiger partial charge on any atom is 0.336 e. The number of hydrogen-bond acceptors (Lipinski definition) is 3. The minimum absolute atomic E-state index is 0.234. The lowest BCUT2D eigenvalue weighted by atomic mass is 10.1. The largest absolute Gasteiger partial charge is 0.478 e. The Morgan fingerprint density at radius 1 is 1.38 bits per heavy atom. The molecule has 0 aliphatic carbocycles. The molecule has 2 aromatic rings. The molecule has 1 N–H and O–H groups in total. The smallest absolute Gasteiger partial charge is 0.336 e. The normalized spacial score (nSPS) is 10.2. The van der Waals surface area contributed by atoms with Gasteiger partial charge in [-0.25, -0.2) is 14.8 Å². The van der Waals surface area contributed by atoms with Crippen molar-refractivity contribution in [2.24, 2.45) is 0 Å². The Morgan fingerprint density at radius 2 is 2.23 bits per heavy atom. The van der Waals surface area contributed by atoms with Crippen molar-refractivity contribution >= 4 is 16.9 Å². The van der Waals surface area contributed by atoms with Crippen molar-refractivity contribution in [2.45, 2.75) is 0 Å². The second kappa shape index (κ2) is 2.82. The Morgan fingerprint density at radius 3 is 3.00 bits per heavy atom. The van der Waals surface area contributed by atoms with Crippen molar-refractivity contribution in [3.8, 4) is 0 Å². The van der Waals surface area contributed by atoms with Crippen LogP contribution >= 0.6 is 0 Å². The number of benzene rings is 1. The molecule has 0 aliphatic heterocycles. The SMILES string of the molecule is O=C(O)c1cccc2ncncc12. The van der Waals surface area contributed by atoms with Crippen molar-refractivity contribution in [1.29, 1.82) is 0 Å². The van der Waals surface area contributed by atoms with E-state index in [0.717, 1.165) is 0 Å². The van der Waals surface area contributed by atoms with Gasteiger partial charge in [0.25, 0.3) is 0 Å². The molecule has 0 saturated carbocycles. The van der Waals surface area contributed by atoms with Crippen molar-refractivity contribution in [2.75, 3.05) is 0 Å². The number of carboxylic acid groups (broad SMARTS) is 1. The number of aromatic nitrogens is 2. The van der Waals surface area contributed by atoms with Crippen LogP contribution in [0.5, 0.6) is 0 Å². The molecule has 4 nitrogen and oxygen atoms in total. The Balaban J connectivity index is 2.83. The molecule has 0 aliphatic rings. The summed E-state index contributed by atoms with van der Waals surface area (Å²) in [5, 5.41) is 9.39. The molecule has 0 saturated heterocycles. The molecule has 0 amide bonds. The fourth-order valence-corrected chi connectivity index (χ4v) is 1.19. The highest BCUT2D eigenvalue weighted by Gasteiger charge is 2.07. The second-order valence-electron chi connectivity index (χ2n) is 2.57. The minimum Gasteiger partial charge on any atom is -0.478 e. The maximum atomic E-state index is 10.8. The van der Waals surface area contributed by atoms with Crippen LogP contribution in [0.25, 0.3) is 10.9 Å². The Bertz CT molecular complexity index is 463. The van der Waals surface area contributed by atoms with E-state index in [-0.39, 0.29) is 5.56 Å². The van der Waals surface area contributed by atoms with Gasteiger partial charge in [0.1, 0.15) is 6.33 Å². The van der Waals surface area contributed by atoms with E-state index in [1.165, 1.54) is 18.6 Å². The van der Waals surface area contributed by atoms with E-state index in [1.807, 2.05) is 0 Å². The number of hydrogen-bond donors (Lipinski definition) is 1. The van der Waals surface area contributed by atoms with Gasteiger partial charge in [0.15, 0.2) is 0 Å². The van der Waals surface area contributed by atoms with Crippen LogP contribution in [0.3, 0.4) is 0 Å². The average Bonchev–Trinajstić information content (AvgIpc) is 2.17. The number of fused-ring (bicyclic) bond motifs is 1. The number of carboxylic acids is 1. The van der Waals surface area contributed by atoms with Crippen molar-refractivity contribution in [3.05, 3.63) is 36.3 Å². The van der Waals surface area contributed by atoms with Crippen LogP contribution in [0, 0.1) is 0 Å². The average molecular weight is 174 g/mol. The first-order valence-electron chi connectivity index (χ1n) is 3.71. The molecule has 0 fully saturated rings. The predicted molar refractivity (Wildman–Crippen MR) is 46.5 cm³/mol. The summed E-state index contributed by atoms with van der Waals surface area (Å²) in [6.07, 6.45) is 2.90. The third-order valence-corrected chi connectivity index (χ3v) is 1.78. The molecule has 0 radical (unpaired) electrons. The highest BCUT2D eigenvalue weighted by atomic mass is 16.4. The molecule has 2 rings (SSSR count). The Kier molecular flexibility index (Phi) is 1.66. The number of aromatic carboxylic acids is 1. The van der Waals surface area contributed by atoms with E-state index in [0.29, 0.717) is 10.9 Å². The summed E-state index contributed by atoms with van der Waals surface area (Å²) in [6, 6.07) is 4.95. The number of rotatable bonds is 1. The highest BCUT2D eigenvalue weighted by molar-refractivity contribution is 6.02. The van der Waals surface area contributed by atoms with Gasteiger partial charge in [0.2, 0.25) is 0 Å². The van der Waals surface area contributed by atoms with E-state index in [4.69, 9.17) is 5.11 Å². The van der Waals surface area contributed by atoms with Crippen LogP contribution in [0.15, 0.2) is 30.7 Å². The molecule has 1 heterocycles. The van der Waals surface area contributed by atoms with Crippen molar-refractivity contribution in [3.63, 3.8) is 0 Å². The number of carbonyl (C=O) groups is 1. The summed E-state index contributed by atoms with van der Waals surface area (Å²) in [5.41, 5.74) is 0.882. The molecule has 0 bridgehead atoms. The minimum atomic E-state index is -0.958. The lowest BCUT2D eigenvalue weighted by Crippen LogP contribution is -1.97. The first kappa shape index (κ1) is 7.67. The summed E-state index contributed by atoms with van der Waals surface area (Å²) < 4.78 is 0. The van der Waals surface area contributed by atoms with E-state index < -0.39 is 5.97 Å². The number of nitrogens with zero attached hydrogens (tertiary/aromatic N) is 2. The van der Waals surface area contributed by atoms with Gasteiger partial charge < -0.3 is 5.11 Å². The molecular weight excluding hydrogens is 168 g/mol. The third-order valence-electron chi connectivity index (χ3n) is 1.78. The monoisotopic (exact) mass is 174 g/mol. The predicted octanol–water partition coefficient (Wildman–Crippen LogP) is 1.33. The van der Waals surface area contributed by atoms with Crippen LogP contribution in [0.1, 0.15) is 10.4 Å². The van der Waals surface area contributed by atoms with Gasteiger partial charge in [-0.05, 0) is 12.1 Å². The van der Waals surface area contributed by atoms with Gasteiger partial charge >= 0.3 is 5.97 Å². The zero-order valence-electron chi connectivity index (χ0n) is 6.64. The highest BCUT2D eigenvalue weighted by Crippen LogP contribution is 2.14. The van der Waals surface area contributed by atoms with Crippen LogP contribution in [0.2, 0.25) is 0 Å². The molecule has 13 heavy (non-hydrogen) atoms. The Labute approximate surface area is 73.9 Å². The molecule has 1 aromatic heterocycles. The molecular formula is C9H6N2O2. The molecule has 0 spiro atoms. The quantitative estimate of drug-likeness (QED) is 0.708. The van der Waals surface area contributed by atoms with E-state index in [2.05, 4.69) is 9.97 Å². The van der Waals surface area contributed by atoms with Crippen LogP contribution < -0.4 is 0 Å². The lowest BCUT2D eigenvalue weighted by molar-refractivity contribution is 0.0699. The zero-order valence-corrected chi connectivity index (χ0v) is 6.64. The van der Waals surface area contributed by atoms with Crippen LogP contribution in [0.4, 0.5) is 0 Å². The standard InChI is InChI=1S/C9H6N2O2/c12-9(13)6-2-1-3-8-7(6)4-10-5-11-8/h1-5H,(H,12,13). The molecule has 1 aromatic carbocycles. The summed E-state index contributed by atoms with van der Waals surface area (Å²) in [4.78, 5) is 18.5. The summed E-state index contributed by atoms with van der Waals surface area (Å²) in [5.74, 6) is -0.958. The van der Waals surface area contributed by atoms with Crippen LogP contribution in [-0.4, -0.2) is 21.0 Å². The first-order valence-corrected chi connectivity index (χ1v) is 3.71. The third kappa shape index (κ3) is 1.22. The van der Waals surface area contributed by atoms with Gasteiger partial charge in [-0.15, -0.1) is 0 Å².